The first-order chi connectivity index (χ1) is 10.9. The lowest BCUT2D eigenvalue weighted by molar-refractivity contribution is 0.204. The second kappa shape index (κ2) is 6.25. The van der Waals surface area contributed by atoms with Crippen LogP contribution in [-0.4, -0.2) is 33.7 Å². The molecule has 0 aliphatic carbocycles. The highest BCUT2D eigenvalue weighted by Crippen LogP contribution is 2.40. The van der Waals surface area contributed by atoms with Crippen LogP contribution in [0, 0.1) is 9.39 Å². The van der Waals surface area contributed by atoms with Crippen LogP contribution in [0.2, 0.25) is 0 Å². The van der Waals surface area contributed by atoms with Crippen LogP contribution in [0.15, 0.2) is 27.6 Å². The molecule has 1 aliphatic heterocycles. The largest absolute Gasteiger partial charge is 0.411 e. The van der Waals surface area contributed by atoms with Gasteiger partial charge < -0.3 is 10.5 Å². The molecule has 1 heterocycles. The molecule has 1 aromatic rings. The van der Waals surface area contributed by atoms with Gasteiger partial charge in [-0.1, -0.05) is 0 Å². The zero-order valence-corrected chi connectivity index (χ0v) is 16.8. The molecule has 0 unspecified atom stereocenters. The quantitative estimate of drug-likeness (QED) is 0.644. The van der Waals surface area contributed by atoms with Crippen LogP contribution in [0.5, 0.6) is 0 Å². The number of nitrogens with two attached hydrogens (primary N) is 1. The molecule has 0 radical (unpaired) electrons. The minimum atomic E-state index is -2.89. The second-order valence-corrected chi connectivity index (χ2v) is 10.4. The normalized spacial score (nSPS) is 28.8. The molecule has 1 amide bonds. The molecule has 0 aromatic heterocycles. The number of hydrogen-bond donors (Lipinski definition) is 1. The minimum absolute atomic E-state index is 0.00609. The molecule has 0 saturated heterocycles. The van der Waals surface area contributed by atoms with Crippen LogP contribution in [0.25, 0.3) is 0 Å². The standard InChI is InChI=1S/C15H19FIN3O3S/c1-14(2)12(23-13(18)21)20-15(3,8-24(14,22)19-4)10-7-9(17)5-6-11(10)16/h5-7H,8H2,1-4H3,(H2,18,21)/t15-,24+/m0/s1. The molecule has 1 aromatic carbocycles. The van der Waals surface area contributed by atoms with Gasteiger partial charge in [-0.25, -0.2) is 22.7 Å². The molecule has 0 fully saturated rings. The van der Waals surface area contributed by atoms with Crippen LogP contribution in [0.1, 0.15) is 26.3 Å². The first kappa shape index (κ1) is 19.1. The number of ether oxygens (including phenoxy) is 1. The molecule has 6 nitrogen and oxygen atoms in total. The summed E-state index contributed by atoms with van der Waals surface area (Å²) in [5.41, 5.74) is 4.19. The fourth-order valence-corrected chi connectivity index (χ4v) is 5.45. The van der Waals surface area contributed by atoms with Gasteiger partial charge in [0.2, 0.25) is 5.90 Å². The van der Waals surface area contributed by atoms with E-state index in [1.54, 1.807) is 32.9 Å². The Morgan fingerprint density at radius 2 is 2.08 bits per heavy atom. The van der Waals surface area contributed by atoms with Crippen molar-refractivity contribution in [2.24, 2.45) is 15.1 Å². The number of carbonyl (C=O) groups is 1. The van der Waals surface area contributed by atoms with Crippen LogP contribution >= 0.6 is 22.6 Å². The van der Waals surface area contributed by atoms with Gasteiger partial charge in [-0.05, 0) is 61.6 Å². The fraction of sp³-hybridized carbons (Fsp3) is 0.467. The number of primary amides is 1. The number of amides is 1. The Morgan fingerprint density at radius 3 is 2.62 bits per heavy atom. The summed E-state index contributed by atoms with van der Waals surface area (Å²) >= 11 is 2.06. The highest BCUT2D eigenvalue weighted by atomic mass is 127. The topological polar surface area (TPSA) is 94.1 Å². The minimum Gasteiger partial charge on any atom is -0.394 e. The molecule has 24 heavy (non-hydrogen) atoms. The van der Waals surface area contributed by atoms with E-state index >= 15 is 0 Å². The van der Waals surface area contributed by atoms with Gasteiger partial charge in [0, 0.05) is 16.2 Å². The average molecular weight is 467 g/mol. The van der Waals surface area contributed by atoms with E-state index in [0.717, 1.165) is 3.57 Å². The van der Waals surface area contributed by atoms with Crippen molar-refractivity contribution in [3.8, 4) is 0 Å². The number of rotatable bonds is 1. The monoisotopic (exact) mass is 467 g/mol. The van der Waals surface area contributed by atoms with Crippen LogP contribution in [0.4, 0.5) is 9.18 Å². The van der Waals surface area contributed by atoms with Gasteiger partial charge in [0.15, 0.2) is 0 Å². The van der Waals surface area contributed by atoms with Crippen molar-refractivity contribution in [1.29, 1.82) is 0 Å². The number of hydrogen-bond acceptors (Lipinski definition) is 5. The molecular formula is C15H19FIN3O3S. The lowest BCUT2D eigenvalue weighted by atomic mass is 9.93. The van der Waals surface area contributed by atoms with Crippen molar-refractivity contribution in [3.63, 3.8) is 0 Å². The zero-order chi connectivity index (χ0) is 18.3. The average Bonchev–Trinajstić information content (AvgIpc) is 2.47. The lowest BCUT2D eigenvalue weighted by Gasteiger charge is -2.40. The van der Waals surface area contributed by atoms with Gasteiger partial charge >= 0.3 is 6.09 Å². The second-order valence-electron chi connectivity index (χ2n) is 6.21. The lowest BCUT2D eigenvalue weighted by Crippen LogP contribution is -2.53. The molecule has 2 rings (SSSR count). The Bertz CT molecular complexity index is 846. The molecule has 9 heteroatoms. The smallest absolute Gasteiger partial charge is 0.394 e. The Kier molecular flexibility index (Phi) is 4.97. The SMILES string of the molecule is CN=[S@@]1(=O)C[C@@](C)(c2cc(I)ccc2F)N=C(OC(N)=O)C1(C)C. The van der Waals surface area contributed by atoms with E-state index < -0.39 is 31.9 Å². The Balaban J connectivity index is 2.77. The maximum absolute atomic E-state index is 14.4. The Labute approximate surface area is 154 Å². The van der Waals surface area contributed by atoms with Crippen molar-refractivity contribution >= 4 is 44.3 Å². The summed E-state index contributed by atoms with van der Waals surface area (Å²) in [7, 11) is -1.46. The maximum Gasteiger partial charge on any atom is 0.411 e. The first-order valence-electron chi connectivity index (χ1n) is 7.11. The molecule has 2 N–H and O–H groups in total. The Hall–Kier alpha value is -1.23. The molecule has 132 valence electrons. The van der Waals surface area contributed by atoms with Crippen LogP contribution in [-0.2, 0) is 20.0 Å². The summed E-state index contributed by atoms with van der Waals surface area (Å²) in [5, 5.41) is 0. The van der Waals surface area contributed by atoms with Crippen molar-refractivity contribution in [2.75, 3.05) is 12.8 Å². The molecule has 0 spiro atoms. The summed E-state index contributed by atoms with van der Waals surface area (Å²) < 4.78 is 36.6. The molecular weight excluding hydrogens is 448 g/mol. The predicted molar refractivity (Wildman–Crippen MR) is 100 cm³/mol. The van der Waals surface area contributed by atoms with E-state index in [-0.39, 0.29) is 17.2 Å². The van der Waals surface area contributed by atoms with Gasteiger partial charge in [0.05, 0.1) is 15.5 Å². The third-order valence-corrected chi connectivity index (χ3v) is 8.12. The first-order valence-corrected chi connectivity index (χ1v) is 9.87. The van der Waals surface area contributed by atoms with Gasteiger partial charge in [-0.2, -0.15) is 0 Å². The molecule has 1 aliphatic rings. The number of carbonyl (C=O) groups excluding carboxylic acids is 1. The van der Waals surface area contributed by atoms with Gasteiger partial charge in [-0.15, -0.1) is 0 Å². The van der Waals surface area contributed by atoms with Crippen molar-refractivity contribution in [3.05, 3.63) is 33.1 Å². The summed E-state index contributed by atoms with van der Waals surface area (Å²) in [6.07, 6.45) is -1.06. The van der Waals surface area contributed by atoms with Crippen molar-refractivity contribution in [2.45, 2.75) is 31.1 Å². The summed E-state index contributed by atoms with van der Waals surface area (Å²) in [6, 6.07) is 4.59. The Morgan fingerprint density at radius 1 is 1.46 bits per heavy atom. The van der Waals surface area contributed by atoms with Crippen LogP contribution in [0.3, 0.4) is 0 Å². The number of aliphatic imine (C=N–C) groups is 1. The molecule has 2 atom stereocenters. The number of halogens is 2. The van der Waals surface area contributed by atoms with E-state index in [4.69, 9.17) is 10.5 Å². The summed E-state index contributed by atoms with van der Waals surface area (Å²) in [5.74, 6) is -0.568. The maximum atomic E-state index is 14.4. The van der Waals surface area contributed by atoms with Gasteiger partial charge in [0.25, 0.3) is 0 Å². The van der Waals surface area contributed by atoms with E-state index in [2.05, 4.69) is 31.9 Å². The molecule has 0 saturated carbocycles. The fourth-order valence-electron chi connectivity index (χ4n) is 2.67. The summed E-state index contributed by atoms with van der Waals surface area (Å²) in [4.78, 5) is 15.7. The highest BCUT2D eigenvalue weighted by Gasteiger charge is 2.50. The van der Waals surface area contributed by atoms with Gasteiger partial charge in [-0.3, -0.25) is 0 Å². The van der Waals surface area contributed by atoms with E-state index in [0.29, 0.717) is 0 Å². The third kappa shape index (κ3) is 3.15. The van der Waals surface area contributed by atoms with Gasteiger partial charge in [0.1, 0.15) is 16.1 Å². The zero-order valence-electron chi connectivity index (χ0n) is 13.8. The van der Waals surface area contributed by atoms with E-state index in [1.165, 1.54) is 13.1 Å². The predicted octanol–water partition coefficient (Wildman–Crippen LogP) is 3.03. The summed E-state index contributed by atoms with van der Waals surface area (Å²) in [6.45, 7) is 4.88. The third-order valence-electron chi connectivity index (χ3n) is 4.14. The van der Waals surface area contributed by atoms with Crippen molar-refractivity contribution < 1.29 is 18.1 Å². The van der Waals surface area contributed by atoms with E-state index in [9.17, 15) is 13.4 Å². The number of nitrogens with zero attached hydrogens (tertiary/aromatic N) is 2. The molecule has 0 bridgehead atoms. The number of benzene rings is 1. The van der Waals surface area contributed by atoms with E-state index in [1.807, 2.05) is 0 Å². The van der Waals surface area contributed by atoms with Crippen molar-refractivity contribution in [1.82, 2.24) is 0 Å². The van der Waals surface area contributed by atoms with Crippen LogP contribution < -0.4 is 5.73 Å². The highest BCUT2D eigenvalue weighted by molar-refractivity contribution is 14.1.